The lowest BCUT2D eigenvalue weighted by Crippen LogP contribution is -2.29. The van der Waals surface area contributed by atoms with Crippen molar-refractivity contribution in [1.82, 2.24) is 0 Å². The molecule has 0 amide bonds. The minimum Gasteiger partial charge on any atom is -0.478 e. The van der Waals surface area contributed by atoms with Crippen LogP contribution in [0.4, 0.5) is 5.69 Å². The quantitative estimate of drug-likeness (QED) is 0.734. The molecule has 4 rings (SSSR count). The van der Waals surface area contributed by atoms with Crippen LogP contribution in [0.15, 0.2) is 59.1 Å². The van der Waals surface area contributed by atoms with E-state index in [1.165, 1.54) is 5.56 Å². The molecular formula is C19H16BrNO2. The van der Waals surface area contributed by atoms with Gasteiger partial charge in [0.05, 0.1) is 11.6 Å². The number of nitrogens with one attached hydrogen (secondary N) is 1. The molecule has 1 heterocycles. The van der Waals surface area contributed by atoms with E-state index in [1.54, 1.807) is 6.07 Å². The molecule has 116 valence electrons. The summed E-state index contributed by atoms with van der Waals surface area (Å²) in [5.74, 6) is -0.173. The molecule has 0 saturated carbocycles. The number of hydrogen-bond donors (Lipinski definition) is 2. The van der Waals surface area contributed by atoms with E-state index in [9.17, 15) is 9.90 Å². The van der Waals surface area contributed by atoms with Crippen LogP contribution in [-0.4, -0.2) is 11.1 Å². The van der Waals surface area contributed by atoms with Gasteiger partial charge < -0.3 is 10.4 Å². The number of halogens is 1. The first-order valence-corrected chi connectivity index (χ1v) is 8.48. The van der Waals surface area contributed by atoms with Gasteiger partial charge in [0.2, 0.25) is 0 Å². The van der Waals surface area contributed by atoms with Crippen molar-refractivity contribution in [3.05, 3.63) is 75.8 Å². The highest BCUT2D eigenvalue weighted by Crippen LogP contribution is 2.49. The van der Waals surface area contributed by atoms with Gasteiger partial charge >= 0.3 is 5.97 Å². The Labute approximate surface area is 143 Å². The number of allylic oxidation sites excluding steroid dienone is 2. The van der Waals surface area contributed by atoms with Crippen molar-refractivity contribution in [1.29, 1.82) is 0 Å². The molecule has 0 fully saturated rings. The Hall–Kier alpha value is -2.07. The van der Waals surface area contributed by atoms with Gasteiger partial charge in [-0.2, -0.15) is 0 Å². The predicted octanol–water partition coefficient (Wildman–Crippen LogP) is 4.97. The zero-order valence-electron chi connectivity index (χ0n) is 12.4. The Morgan fingerprint density at radius 3 is 2.70 bits per heavy atom. The van der Waals surface area contributed by atoms with E-state index in [1.807, 2.05) is 12.1 Å². The molecule has 23 heavy (non-hydrogen) atoms. The highest BCUT2D eigenvalue weighted by molar-refractivity contribution is 9.10. The summed E-state index contributed by atoms with van der Waals surface area (Å²) in [7, 11) is 0. The average molecular weight is 370 g/mol. The molecule has 1 aliphatic carbocycles. The maximum atomic E-state index is 11.3. The number of anilines is 1. The van der Waals surface area contributed by atoms with Crippen LogP contribution in [-0.2, 0) is 0 Å². The van der Waals surface area contributed by atoms with Gasteiger partial charge in [-0.3, -0.25) is 0 Å². The lowest BCUT2D eigenvalue weighted by Gasteiger charge is -2.37. The molecule has 2 N–H and O–H groups in total. The summed E-state index contributed by atoms with van der Waals surface area (Å²) >= 11 is 3.48. The van der Waals surface area contributed by atoms with Crippen LogP contribution in [0.25, 0.3) is 0 Å². The van der Waals surface area contributed by atoms with Crippen LogP contribution in [0, 0.1) is 5.92 Å². The molecule has 2 aromatic carbocycles. The van der Waals surface area contributed by atoms with Crippen LogP contribution in [0.2, 0.25) is 0 Å². The number of aromatic carboxylic acids is 1. The smallest absolute Gasteiger partial charge is 0.335 e. The highest BCUT2D eigenvalue weighted by Gasteiger charge is 2.38. The Morgan fingerprint density at radius 1 is 1.17 bits per heavy atom. The zero-order valence-corrected chi connectivity index (χ0v) is 14.0. The summed E-state index contributed by atoms with van der Waals surface area (Å²) in [4.78, 5) is 11.3. The minimum absolute atomic E-state index is 0.242. The van der Waals surface area contributed by atoms with Gasteiger partial charge in [0, 0.05) is 16.1 Å². The van der Waals surface area contributed by atoms with Crippen molar-refractivity contribution in [3.63, 3.8) is 0 Å². The molecule has 0 aromatic heterocycles. The summed E-state index contributed by atoms with van der Waals surface area (Å²) < 4.78 is 1.07. The van der Waals surface area contributed by atoms with Crippen molar-refractivity contribution in [2.45, 2.75) is 18.4 Å². The molecule has 3 nitrogen and oxygen atoms in total. The summed E-state index contributed by atoms with van der Waals surface area (Å²) in [6.45, 7) is 0. The summed E-state index contributed by atoms with van der Waals surface area (Å²) in [5.41, 5.74) is 3.75. The van der Waals surface area contributed by atoms with Gasteiger partial charge in [0.25, 0.3) is 0 Å². The maximum absolute atomic E-state index is 11.3. The fourth-order valence-electron chi connectivity index (χ4n) is 3.73. The van der Waals surface area contributed by atoms with Gasteiger partial charge in [-0.15, -0.1) is 0 Å². The van der Waals surface area contributed by atoms with Gasteiger partial charge in [0.15, 0.2) is 0 Å². The molecule has 2 aromatic rings. The first kappa shape index (κ1) is 14.5. The molecule has 3 atom stereocenters. The molecule has 3 unspecified atom stereocenters. The van der Waals surface area contributed by atoms with Gasteiger partial charge in [-0.05, 0) is 53.8 Å². The third-order valence-electron chi connectivity index (χ3n) is 4.84. The lowest BCUT2D eigenvalue weighted by atomic mass is 9.76. The Morgan fingerprint density at radius 2 is 1.96 bits per heavy atom. The molecule has 0 bridgehead atoms. The normalized spacial score (nSPS) is 24.7. The Kier molecular flexibility index (Phi) is 3.49. The molecule has 0 radical (unpaired) electrons. The Balaban J connectivity index is 1.77. The predicted molar refractivity (Wildman–Crippen MR) is 93.9 cm³/mol. The number of fused-ring (bicyclic) bond motifs is 3. The number of rotatable bonds is 2. The summed E-state index contributed by atoms with van der Waals surface area (Å²) in [6, 6.07) is 14.1. The van der Waals surface area contributed by atoms with Gasteiger partial charge in [-0.25, -0.2) is 4.79 Å². The fraction of sp³-hybridized carbons (Fsp3) is 0.211. The molecular weight excluding hydrogens is 354 g/mol. The van der Waals surface area contributed by atoms with Crippen LogP contribution in [0.5, 0.6) is 0 Å². The summed E-state index contributed by atoms with van der Waals surface area (Å²) in [5, 5.41) is 12.9. The van der Waals surface area contributed by atoms with Crippen LogP contribution in [0.3, 0.4) is 0 Å². The molecule has 1 aliphatic heterocycles. The molecule has 0 spiro atoms. The van der Waals surface area contributed by atoms with E-state index < -0.39 is 5.97 Å². The van der Waals surface area contributed by atoms with Gasteiger partial charge in [0.1, 0.15) is 0 Å². The molecule has 4 heteroatoms. The first-order chi connectivity index (χ1) is 11.1. The van der Waals surface area contributed by atoms with Crippen molar-refractivity contribution in [2.24, 2.45) is 5.92 Å². The largest absolute Gasteiger partial charge is 0.478 e. The number of carbonyl (C=O) groups is 1. The lowest BCUT2D eigenvalue weighted by molar-refractivity contribution is 0.0696. The number of hydrogen-bond acceptors (Lipinski definition) is 2. The third kappa shape index (κ3) is 2.47. The highest BCUT2D eigenvalue weighted by atomic mass is 79.9. The van der Waals surface area contributed by atoms with E-state index in [0.717, 1.165) is 22.1 Å². The van der Waals surface area contributed by atoms with Crippen molar-refractivity contribution in [3.8, 4) is 0 Å². The van der Waals surface area contributed by atoms with Gasteiger partial charge in [-0.1, -0.05) is 40.2 Å². The second-order valence-corrected chi connectivity index (χ2v) is 7.05. The van der Waals surface area contributed by atoms with Crippen LogP contribution < -0.4 is 5.32 Å². The first-order valence-electron chi connectivity index (χ1n) is 7.69. The number of benzene rings is 2. The standard InChI is InChI=1S/C19H16BrNO2/c20-13-7-4-11(5-8-13)18-15-3-1-2-14(15)16-10-12(19(22)23)6-9-17(16)21-18/h1-2,4-10,14-15,18,21H,3H2,(H,22,23). The second-order valence-electron chi connectivity index (χ2n) is 6.13. The Bertz CT molecular complexity index is 798. The summed E-state index contributed by atoms with van der Waals surface area (Å²) in [6.07, 6.45) is 5.45. The monoisotopic (exact) mass is 369 g/mol. The number of carboxylic acids is 1. The maximum Gasteiger partial charge on any atom is 0.335 e. The van der Waals surface area contributed by atoms with Crippen molar-refractivity contribution < 1.29 is 9.90 Å². The fourth-order valence-corrected chi connectivity index (χ4v) is 3.99. The molecule has 2 aliphatic rings. The third-order valence-corrected chi connectivity index (χ3v) is 5.37. The van der Waals surface area contributed by atoms with E-state index in [2.05, 4.69) is 57.7 Å². The zero-order chi connectivity index (χ0) is 16.0. The van der Waals surface area contributed by atoms with Crippen LogP contribution in [0.1, 0.15) is 39.9 Å². The second kappa shape index (κ2) is 5.53. The topological polar surface area (TPSA) is 49.3 Å². The molecule has 0 saturated heterocycles. The SMILES string of the molecule is O=C(O)c1ccc2c(c1)C1C=CCC1C(c1ccc(Br)cc1)N2. The van der Waals surface area contributed by atoms with E-state index in [0.29, 0.717) is 11.5 Å². The average Bonchev–Trinajstić information content (AvgIpc) is 3.04. The van der Waals surface area contributed by atoms with Crippen molar-refractivity contribution >= 4 is 27.6 Å². The van der Waals surface area contributed by atoms with E-state index >= 15 is 0 Å². The number of carboxylic acid groups (broad SMARTS) is 1. The van der Waals surface area contributed by atoms with Crippen molar-refractivity contribution in [2.75, 3.05) is 5.32 Å². The van der Waals surface area contributed by atoms with Crippen LogP contribution >= 0.6 is 15.9 Å². The van der Waals surface area contributed by atoms with E-state index in [-0.39, 0.29) is 12.0 Å². The van der Waals surface area contributed by atoms with E-state index in [4.69, 9.17) is 0 Å². The minimum atomic E-state index is -0.874.